The van der Waals surface area contributed by atoms with E-state index in [0.717, 1.165) is 44.3 Å². The number of azo groups is 1. The molecule has 2 aromatic rings. The van der Waals surface area contributed by atoms with Crippen molar-refractivity contribution in [3.63, 3.8) is 0 Å². The fourth-order valence-corrected chi connectivity index (χ4v) is 2.71. The number of nitrogens with zero attached hydrogens (tertiary/aromatic N) is 5. The Hall–Kier alpha value is -3.58. The molecule has 0 spiro atoms. The smallest absolute Gasteiger partial charge is 0.339 e. The Morgan fingerprint density at radius 1 is 0.933 bits per heavy atom. The fourth-order valence-electron chi connectivity index (χ4n) is 2.71. The van der Waals surface area contributed by atoms with Gasteiger partial charge in [-0.2, -0.15) is 10.2 Å². The van der Waals surface area contributed by atoms with Crippen LogP contribution in [0.15, 0.2) is 57.8 Å². The molecule has 2 aromatic carbocycles. The first-order chi connectivity index (χ1) is 14.6. The van der Waals surface area contributed by atoms with Gasteiger partial charge in [0.1, 0.15) is 17.1 Å². The van der Waals surface area contributed by atoms with E-state index in [1.54, 1.807) is 12.1 Å². The van der Waals surface area contributed by atoms with Crippen LogP contribution in [0.4, 0.5) is 11.4 Å². The minimum Gasteiger partial charge on any atom is -0.507 e. The van der Waals surface area contributed by atoms with Crippen LogP contribution in [0.3, 0.4) is 0 Å². The molecule has 0 aliphatic carbocycles. The highest BCUT2D eigenvalue weighted by Crippen LogP contribution is 2.26. The van der Waals surface area contributed by atoms with E-state index in [-0.39, 0.29) is 11.3 Å². The van der Waals surface area contributed by atoms with E-state index < -0.39 is 5.97 Å². The third kappa shape index (κ3) is 8.20. The first-order valence-corrected chi connectivity index (χ1v) is 9.82. The summed E-state index contributed by atoms with van der Waals surface area (Å²) in [5, 5.41) is 30.1. The number of aromatic hydroxyl groups is 1. The minimum atomic E-state index is -1.23. The van der Waals surface area contributed by atoms with Gasteiger partial charge in [0.05, 0.1) is 18.0 Å². The molecule has 0 heterocycles. The third-order valence-electron chi connectivity index (χ3n) is 4.31. The fraction of sp³-hybridized carbons (Fsp3) is 0.381. The lowest BCUT2D eigenvalue weighted by Crippen LogP contribution is -1.97. The summed E-state index contributed by atoms with van der Waals surface area (Å²) >= 11 is 0. The number of benzene rings is 2. The zero-order valence-electron chi connectivity index (χ0n) is 16.6. The molecule has 30 heavy (non-hydrogen) atoms. The minimum absolute atomic E-state index is 0.219. The lowest BCUT2D eigenvalue weighted by Gasteiger charge is -2.06. The van der Waals surface area contributed by atoms with Crippen LogP contribution in [0, 0.1) is 0 Å². The van der Waals surface area contributed by atoms with Crippen LogP contribution in [0.2, 0.25) is 0 Å². The maximum Gasteiger partial charge on any atom is 0.339 e. The molecule has 2 N–H and O–H groups in total. The molecule has 0 radical (unpaired) electrons. The molecule has 0 bridgehead atoms. The average Bonchev–Trinajstić information content (AvgIpc) is 2.75. The zero-order valence-corrected chi connectivity index (χ0v) is 16.6. The molecule has 2 rings (SSSR count). The van der Waals surface area contributed by atoms with Gasteiger partial charge < -0.3 is 14.9 Å². The SMILES string of the molecule is [N-]=[N+]=NCCCCCCCCOc1ccc(N=Nc2ccc(O)c(C(=O)O)c2)cc1. The second-order valence-corrected chi connectivity index (χ2v) is 6.62. The number of phenols is 1. The van der Waals surface area contributed by atoms with E-state index in [2.05, 4.69) is 20.3 Å². The quantitative estimate of drug-likeness (QED) is 0.167. The van der Waals surface area contributed by atoms with Gasteiger partial charge in [0.25, 0.3) is 0 Å². The van der Waals surface area contributed by atoms with E-state index in [9.17, 15) is 9.90 Å². The average molecular weight is 411 g/mol. The third-order valence-corrected chi connectivity index (χ3v) is 4.31. The number of carbonyl (C=O) groups is 1. The van der Waals surface area contributed by atoms with Crippen molar-refractivity contribution in [2.45, 2.75) is 38.5 Å². The second-order valence-electron chi connectivity index (χ2n) is 6.62. The van der Waals surface area contributed by atoms with Crippen LogP contribution in [-0.2, 0) is 0 Å². The van der Waals surface area contributed by atoms with Crippen molar-refractivity contribution >= 4 is 17.3 Å². The second kappa shape index (κ2) is 12.8. The summed E-state index contributed by atoms with van der Waals surface area (Å²) in [6.45, 7) is 1.22. The molecule has 0 aliphatic rings. The number of carboxylic acid groups (broad SMARTS) is 1. The van der Waals surface area contributed by atoms with Crippen molar-refractivity contribution in [3.05, 3.63) is 58.5 Å². The van der Waals surface area contributed by atoms with Crippen LogP contribution in [0.1, 0.15) is 48.9 Å². The van der Waals surface area contributed by atoms with Gasteiger partial charge in [0, 0.05) is 11.5 Å². The van der Waals surface area contributed by atoms with Crippen molar-refractivity contribution in [2.24, 2.45) is 15.3 Å². The highest BCUT2D eigenvalue weighted by molar-refractivity contribution is 5.91. The van der Waals surface area contributed by atoms with Crippen molar-refractivity contribution in [2.75, 3.05) is 13.2 Å². The van der Waals surface area contributed by atoms with Gasteiger partial charge in [-0.15, -0.1) is 0 Å². The summed E-state index contributed by atoms with van der Waals surface area (Å²) in [4.78, 5) is 13.8. The largest absolute Gasteiger partial charge is 0.507 e. The molecule has 0 fully saturated rings. The van der Waals surface area contributed by atoms with E-state index in [1.807, 2.05) is 12.1 Å². The number of rotatable bonds is 13. The zero-order chi connectivity index (χ0) is 21.6. The molecule has 158 valence electrons. The van der Waals surface area contributed by atoms with Crippen molar-refractivity contribution < 1.29 is 19.7 Å². The maximum absolute atomic E-state index is 11.0. The standard InChI is InChI=1S/C21H25N5O4/c22-26-23-13-5-3-1-2-4-6-14-30-18-10-7-16(8-11-18)24-25-17-9-12-20(27)19(15-17)21(28)29/h7-12,15,27H,1-6,13-14H2,(H,28,29). The van der Waals surface area contributed by atoms with Gasteiger partial charge in [-0.1, -0.05) is 30.8 Å². The van der Waals surface area contributed by atoms with E-state index in [1.165, 1.54) is 18.2 Å². The summed E-state index contributed by atoms with van der Waals surface area (Å²) in [7, 11) is 0. The monoisotopic (exact) mass is 411 g/mol. The van der Waals surface area contributed by atoms with Gasteiger partial charge in [-0.05, 0) is 60.8 Å². The molecule has 0 amide bonds. The van der Waals surface area contributed by atoms with Crippen molar-refractivity contribution in [1.82, 2.24) is 0 Å². The number of hydrogen-bond donors (Lipinski definition) is 2. The molecule has 0 saturated carbocycles. The predicted octanol–water partition coefficient (Wildman–Crippen LogP) is 6.54. The maximum atomic E-state index is 11.0. The molecular weight excluding hydrogens is 386 g/mol. The number of unbranched alkanes of at least 4 members (excludes halogenated alkanes) is 5. The van der Waals surface area contributed by atoms with Gasteiger partial charge in [-0.25, -0.2) is 4.79 Å². The Labute approximate surface area is 174 Å². The number of hydrogen-bond acceptors (Lipinski definition) is 6. The predicted molar refractivity (Wildman–Crippen MR) is 113 cm³/mol. The Bertz CT molecular complexity index is 893. The van der Waals surface area contributed by atoms with E-state index in [4.69, 9.17) is 15.4 Å². The summed E-state index contributed by atoms with van der Waals surface area (Å²) < 4.78 is 5.72. The highest BCUT2D eigenvalue weighted by atomic mass is 16.5. The molecule has 0 atom stereocenters. The lowest BCUT2D eigenvalue weighted by molar-refractivity contribution is 0.0693. The van der Waals surface area contributed by atoms with Crippen molar-refractivity contribution in [1.29, 1.82) is 0 Å². The highest BCUT2D eigenvalue weighted by Gasteiger charge is 2.09. The number of aromatic carboxylic acids is 1. The molecule has 9 heteroatoms. The summed E-state index contributed by atoms with van der Waals surface area (Å²) in [5.74, 6) is -0.786. The summed E-state index contributed by atoms with van der Waals surface area (Å²) in [6, 6.07) is 11.2. The van der Waals surface area contributed by atoms with Gasteiger partial charge in [0.15, 0.2) is 0 Å². The number of ether oxygens (including phenoxy) is 1. The topological polar surface area (TPSA) is 140 Å². The summed E-state index contributed by atoms with van der Waals surface area (Å²) in [5.41, 5.74) is 8.91. The first-order valence-electron chi connectivity index (χ1n) is 9.82. The Morgan fingerprint density at radius 2 is 1.57 bits per heavy atom. The molecule has 0 unspecified atom stereocenters. The molecule has 0 aliphatic heterocycles. The van der Waals surface area contributed by atoms with Crippen LogP contribution in [0.25, 0.3) is 10.4 Å². The number of azide groups is 1. The van der Waals surface area contributed by atoms with Crippen molar-refractivity contribution in [3.8, 4) is 11.5 Å². The Balaban J connectivity index is 1.70. The number of carboxylic acids is 1. The van der Waals surface area contributed by atoms with E-state index in [0.29, 0.717) is 24.5 Å². The molecule has 0 saturated heterocycles. The Morgan fingerprint density at radius 3 is 2.27 bits per heavy atom. The van der Waals surface area contributed by atoms with Gasteiger partial charge in [-0.3, -0.25) is 0 Å². The first kappa shape index (κ1) is 22.7. The van der Waals surface area contributed by atoms with E-state index >= 15 is 0 Å². The van der Waals surface area contributed by atoms with Crippen LogP contribution in [0.5, 0.6) is 11.5 Å². The summed E-state index contributed by atoms with van der Waals surface area (Å²) in [6.07, 6.45) is 6.37. The lowest BCUT2D eigenvalue weighted by atomic mass is 10.1. The Kier molecular flexibility index (Phi) is 9.68. The van der Waals surface area contributed by atoms with Crippen LogP contribution < -0.4 is 4.74 Å². The normalized spacial score (nSPS) is 10.7. The van der Waals surface area contributed by atoms with Crippen LogP contribution >= 0.6 is 0 Å². The van der Waals surface area contributed by atoms with Crippen LogP contribution in [-0.4, -0.2) is 29.3 Å². The van der Waals surface area contributed by atoms with Gasteiger partial charge >= 0.3 is 5.97 Å². The molecule has 9 nitrogen and oxygen atoms in total. The van der Waals surface area contributed by atoms with Gasteiger partial charge in [0.2, 0.25) is 0 Å². The molecule has 0 aromatic heterocycles. The molecular formula is C21H25N5O4.